The minimum atomic E-state index is -0.769. The molecule has 0 N–H and O–H groups in total. The van der Waals surface area contributed by atoms with Crippen LogP contribution in [0.25, 0.3) is 0 Å². The van der Waals surface area contributed by atoms with Gasteiger partial charge in [0.1, 0.15) is 13.2 Å². The van der Waals surface area contributed by atoms with Crippen LogP contribution in [0.15, 0.2) is 60.8 Å². The quantitative estimate of drug-likeness (QED) is 0.0261. The second-order valence-electron chi connectivity index (χ2n) is 22.0. The van der Waals surface area contributed by atoms with E-state index in [1.165, 1.54) is 212 Å². The van der Waals surface area contributed by atoms with E-state index in [1.807, 2.05) is 0 Å². The SMILES string of the molecule is CC/C=C\C/C=C\C/C=C\C/C=C\C/C=C\CCCCCCCCCCCCCCCC(=O)OCC(COC(=O)CCCCCCCCCC)OC(=O)CCCCCCCCCCCCCCCCCCCCCC. The van der Waals surface area contributed by atoms with Gasteiger partial charge in [-0.3, -0.25) is 14.4 Å². The van der Waals surface area contributed by atoms with Crippen LogP contribution in [0.5, 0.6) is 0 Å². The lowest BCUT2D eigenvalue weighted by molar-refractivity contribution is -0.167. The van der Waals surface area contributed by atoms with Crippen LogP contribution < -0.4 is 0 Å². The highest BCUT2D eigenvalue weighted by atomic mass is 16.6. The fourth-order valence-corrected chi connectivity index (χ4v) is 9.65. The molecule has 6 nitrogen and oxygen atoms in total. The Morgan fingerprint density at radius 1 is 0.280 bits per heavy atom. The number of carbonyl (C=O) groups is 3. The maximum atomic E-state index is 12.9. The number of hydrogen-bond acceptors (Lipinski definition) is 6. The molecule has 0 fully saturated rings. The van der Waals surface area contributed by atoms with Crippen LogP contribution >= 0.6 is 0 Å². The average molecular weight is 1050 g/mol. The Morgan fingerprint density at radius 2 is 0.520 bits per heavy atom. The van der Waals surface area contributed by atoms with Gasteiger partial charge in [-0.2, -0.15) is 0 Å². The number of ether oxygens (including phenoxy) is 3. The molecule has 0 aromatic rings. The number of carbonyl (C=O) groups excluding carboxylic acids is 3. The summed E-state index contributed by atoms with van der Waals surface area (Å²) < 4.78 is 16.9. The molecule has 0 aliphatic heterocycles. The lowest BCUT2D eigenvalue weighted by Crippen LogP contribution is -2.30. The van der Waals surface area contributed by atoms with E-state index < -0.39 is 6.10 Å². The summed E-state index contributed by atoms with van der Waals surface area (Å²) >= 11 is 0. The van der Waals surface area contributed by atoms with Crippen molar-refractivity contribution in [1.82, 2.24) is 0 Å². The maximum Gasteiger partial charge on any atom is 0.306 e. The van der Waals surface area contributed by atoms with E-state index in [-0.39, 0.29) is 31.1 Å². The Balaban J connectivity index is 4.11. The number of unbranched alkanes of at least 4 members (excludes halogenated alkanes) is 39. The van der Waals surface area contributed by atoms with Gasteiger partial charge in [-0.05, 0) is 64.2 Å². The molecular formula is C69H124O6. The molecule has 0 saturated carbocycles. The summed E-state index contributed by atoms with van der Waals surface area (Å²) in [5, 5.41) is 0. The van der Waals surface area contributed by atoms with Gasteiger partial charge in [0.25, 0.3) is 0 Å². The first-order valence-electron chi connectivity index (χ1n) is 32.8. The summed E-state index contributed by atoms with van der Waals surface area (Å²) in [5.41, 5.74) is 0. The molecule has 0 heterocycles. The van der Waals surface area contributed by atoms with Crippen LogP contribution in [0, 0.1) is 0 Å². The van der Waals surface area contributed by atoms with Gasteiger partial charge in [0.2, 0.25) is 0 Å². The summed E-state index contributed by atoms with van der Waals surface area (Å²) in [7, 11) is 0. The fraction of sp³-hybridized carbons (Fsp3) is 0.812. The molecule has 0 aromatic carbocycles. The second kappa shape index (κ2) is 63.6. The monoisotopic (exact) mass is 1050 g/mol. The number of allylic oxidation sites excluding steroid dienone is 10. The zero-order valence-corrected chi connectivity index (χ0v) is 50.1. The smallest absolute Gasteiger partial charge is 0.306 e. The van der Waals surface area contributed by atoms with Crippen LogP contribution in [0.2, 0.25) is 0 Å². The molecule has 0 saturated heterocycles. The van der Waals surface area contributed by atoms with E-state index in [1.54, 1.807) is 0 Å². The van der Waals surface area contributed by atoms with Crippen molar-refractivity contribution in [3.05, 3.63) is 60.8 Å². The molecule has 75 heavy (non-hydrogen) atoms. The molecule has 0 aliphatic rings. The predicted octanol–water partition coefficient (Wildman–Crippen LogP) is 22.3. The van der Waals surface area contributed by atoms with Gasteiger partial charge in [0, 0.05) is 19.3 Å². The Morgan fingerprint density at radius 3 is 0.813 bits per heavy atom. The highest BCUT2D eigenvalue weighted by Crippen LogP contribution is 2.18. The third-order valence-corrected chi connectivity index (χ3v) is 14.5. The van der Waals surface area contributed by atoms with Gasteiger partial charge >= 0.3 is 17.9 Å². The fourth-order valence-electron chi connectivity index (χ4n) is 9.65. The van der Waals surface area contributed by atoms with Crippen LogP contribution in [0.3, 0.4) is 0 Å². The van der Waals surface area contributed by atoms with Crippen LogP contribution in [0.4, 0.5) is 0 Å². The van der Waals surface area contributed by atoms with E-state index in [2.05, 4.69) is 81.5 Å². The number of hydrogen-bond donors (Lipinski definition) is 0. The van der Waals surface area contributed by atoms with E-state index in [4.69, 9.17) is 14.2 Å². The Labute approximate surface area is 466 Å². The largest absolute Gasteiger partial charge is 0.462 e. The standard InChI is InChI=1S/C69H124O6/c1-4-7-10-13-16-19-21-23-25-27-29-31-32-33-34-35-36-37-38-39-41-42-44-46-48-50-53-56-59-62-68(71)74-65-66(64-73-67(70)61-58-55-52-18-15-12-9-6-3)75-69(72)63-60-57-54-51-49-47-45-43-40-30-28-26-24-22-20-17-14-11-8-5-2/h7,10,16,19,23,25,29,31,33-34,66H,4-6,8-9,11-15,17-18,20-22,24,26-28,30,32,35-65H2,1-3H3/b10-7-,19-16-,25-23-,31-29-,34-33-. The normalized spacial score (nSPS) is 12.4. The van der Waals surface area contributed by atoms with Gasteiger partial charge in [-0.1, -0.05) is 319 Å². The highest BCUT2D eigenvalue weighted by Gasteiger charge is 2.19. The van der Waals surface area contributed by atoms with Crippen LogP contribution in [-0.2, 0) is 28.6 Å². The summed E-state index contributed by atoms with van der Waals surface area (Å²) in [4.78, 5) is 38.2. The van der Waals surface area contributed by atoms with Crippen molar-refractivity contribution in [2.45, 2.75) is 348 Å². The van der Waals surface area contributed by atoms with E-state index in [0.717, 1.165) is 89.9 Å². The first-order chi connectivity index (χ1) is 37.0. The Kier molecular flexibility index (Phi) is 61.2. The van der Waals surface area contributed by atoms with Crippen molar-refractivity contribution < 1.29 is 28.6 Å². The van der Waals surface area contributed by atoms with E-state index >= 15 is 0 Å². The van der Waals surface area contributed by atoms with Gasteiger partial charge < -0.3 is 14.2 Å². The zero-order valence-electron chi connectivity index (χ0n) is 50.1. The summed E-state index contributed by atoms with van der Waals surface area (Å²) in [6.07, 6.45) is 81.1. The van der Waals surface area contributed by atoms with Crippen molar-refractivity contribution in [2.24, 2.45) is 0 Å². The van der Waals surface area contributed by atoms with Gasteiger partial charge in [-0.25, -0.2) is 0 Å². The third-order valence-electron chi connectivity index (χ3n) is 14.5. The molecule has 6 heteroatoms. The summed E-state index contributed by atoms with van der Waals surface area (Å²) in [6, 6.07) is 0. The van der Waals surface area contributed by atoms with Crippen molar-refractivity contribution in [3.63, 3.8) is 0 Å². The first-order valence-corrected chi connectivity index (χ1v) is 32.8. The molecule has 0 spiro atoms. The van der Waals surface area contributed by atoms with Crippen LogP contribution in [-0.4, -0.2) is 37.2 Å². The Hall–Kier alpha value is -2.89. The van der Waals surface area contributed by atoms with Gasteiger partial charge in [0.15, 0.2) is 6.10 Å². The molecule has 0 amide bonds. The topological polar surface area (TPSA) is 78.9 Å². The van der Waals surface area contributed by atoms with Crippen molar-refractivity contribution in [1.29, 1.82) is 0 Å². The molecule has 436 valence electrons. The molecule has 0 radical (unpaired) electrons. The highest BCUT2D eigenvalue weighted by molar-refractivity contribution is 5.71. The summed E-state index contributed by atoms with van der Waals surface area (Å²) in [6.45, 7) is 6.55. The third kappa shape index (κ3) is 61.8. The average Bonchev–Trinajstić information content (AvgIpc) is 3.41. The maximum absolute atomic E-state index is 12.9. The zero-order chi connectivity index (χ0) is 54.3. The predicted molar refractivity (Wildman–Crippen MR) is 325 cm³/mol. The van der Waals surface area contributed by atoms with E-state index in [9.17, 15) is 14.4 Å². The molecular weight excluding hydrogens is 925 g/mol. The number of rotatable bonds is 60. The second-order valence-corrected chi connectivity index (χ2v) is 22.0. The molecule has 0 bridgehead atoms. The molecule has 0 aliphatic carbocycles. The van der Waals surface area contributed by atoms with Crippen molar-refractivity contribution in [3.8, 4) is 0 Å². The number of esters is 3. The van der Waals surface area contributed by atoms with Gasteiger partial charge in [-0.15, -0.1) is 0 Å². The minimum Gasteiger partial charge on any atom is -0.462 e. The first kappa shape index (κ1) is 72.1. The Bertz CT molecular complexity index is 1340. The minimum absolute atomic E-state index is 0.0689. The summed E-state index contributed by atoms with van der Waals surface area (Å²) in [5.74, 6) is -0.854. The van der Waals surface area contributed by atoms with Crippen molar-refractivity contribution in [2.75, 3.05) is 13.2 Å². The molecule has 1 unspecified atom stereocenters. The lowest BCUT2D eigenvalue weighted by atomic mass is 10.0. The molecule has 0 aromatic heterocycles. The van der Waals surface area contributed by atoms with E-state index in [0.29, 0.717) is 19.3 Å². The van der Waals surface area contributed by atoms with Crippen LogP contribution in [0.1, 0.15) is 342 Å². The van der Waals surface area contributed by atoms with Gasteiger partial charge in [0.05, 0.1) is 0 Å². The molecule has 1 atom stereocenters. The lowest BCUT2D eigenvalue weighted by Gasteiger charge is -2.18. The van der Waals surface area contributed by atoms with Crippen molar-refractivity contribution >= 4 is 17.9 Å². The molecule has 0 rings (SSSR count).